The normalized spacial score (nSPS) is 10.6. The van der Waals surface area contributed by atoms with Gasteiger partial charge < -0.3 is 9.73 Å². The van der Waals surface area contributed by atoms with E-state index in [1.54, 1.807) is 6.20 Å². The number of benzene rings is 1. The number of aromatic amines is 1. The largest absolute Gasteiger partial charge is 0.423 e. The van der Waals surface area contributed by atoms with Gasteiger partial charge >= 0.3 is 0 Å². The highest BCUT2D eigenvalue weighted by Gasteiger charge is 2.06. The van der Waals surface area contributed by atoms with Crippen LogP contribution in [0, 0.1) is 6.92 Å². The molecule has 0 aliphatic heterocycles. The molecule has 3 aromatic rings. The minimum absolute atomic E-state index is 0.531. The average molecular weight is 255 g/mol. The summed E-state index contributed by atoms with van der Waals surface area (Å²) >= 11 is 0. The van der Waals surface area contributed by atoms with E-state index in [-0.39, 0.29) is 0 Å². The van der Waals surface area contributed by atoms with E-state index in [1.807, 2.05) is 31.2 Å². The highest BCUT2D eigenvalue weighted by Crippen LogP contribution is 2.23. The molecule has 0 aliphatic carbocycles. The molecule has 0 fully saturated rings. The molecule has 96 valence electrons. The highest BCUT2D eigenvalue weighted by molar-refractivity contribution is 5.62. The molecular weight excluding hydrogens is 242 g/mol. The molecule has 0 saturated carbocycles. The Balaban J connectivity index is 1.76. The van der Waals surface area contributed by atoms with E-state index in [0.29, 0.717) is 12.4 Å². The summed E-state index contributed by atoms with van der Waals surface area (Å²) in [6, 6.07) is 7.92. The summed E-state index contributed by atoms with van der Waals surface area (Å²) in [5.74, 6) is 0.531. The zero-order chi connectivity index (χ0) is 13.1. The lowest BCUT2D eigenvalue weighted by Gasteiger charge is -2.09. The molecule has 2 N–H and O–H groups in total. The summed E-state index contributed by atoms with van der Waals surface area (Å²) in [4.78, 5) is 0. The molecule has 0 spiro atoms. The summed E-state index contributed by atoms with van der Waals surface area (Å²) in [7, 11) is 0. The second kappa shape index (κ2) is 4.93. The van der Waals surface area contributed by atoms with Gasteiger partial charge in [0.25, 0.3) is 0 Å². The first kappa shape index (κ1) is 11.5. The van der Waals surface area contributed by atoms with Crippen molar-refractivity contribution >= 4 is 5.69 Å². The standard InChI is InChI=1S/C13H13N5O/c1-9-6-10(13-18-16-8-19-13)2-3-12(9)14-7-11-4-5-15-17-11/h2-6,8,14H,7H2,1H3,(H,15,17). The molecule has 0 atom stereocenters. The quantitative estimate of drug-likeness (QED) is 0.748. The van der Waals surface area contributed by atoms with Gasteiger partial charge in [0.15, 0.2) is 0 Å². The van der Waals surface area contributed by atoms with Crippen molar-refractivity contribution in [2.75, 3.05) is 5.32 Å². The average Bonchev–Trinajstić information content (AvgIpc) is 3.10. The number of hydrogen-bond acceptors (Lipinski definition) is 5. The lowest BCUT2D eigenvalue weighted by molar-refractivity contribution is 0.568. The molecular formula is C13H13N5O. The van der Waals surface area contributed by atoms with Crippen molar-refractivity contribution < 1.29 is 4.42 Å². The van der Waals surface area contributed by atoms with E-state index in [9.17, 15) is 0 Å². The van der Waals surface area contributed by atoms with Gasteiger partial charge in [0, 0.05) is 17.4 Å². The fraction of sp³-hybridized carbons (Fsp3) is 0.154. The zero-order valence-corrected chi connectivity index (χ0v) is 10.4. The summed E-state index contributed by atoms with van der Waals surface area (Å²) in [5.41, 5.74) is 4.15. The Morgan fingerprint density at radius 2 is 2.26 bits per heavy atom. The van der Waals surface area contributed by atoms with Crippen molar-refractivity contribution in [1.29, 1.82) is 0 Å². The smallest absolute Gasteiger partial charge is 0.247 e. The molecule has 3 rings (SSSR count). The first-order valence-electron chi connectivity index (χ1n) is 5.92. The maximum absolute atomic E-state index is 5.18. The maximum atomic E-state index is 5.18. The predicted molar refractivity (Wildman–Crippen MR) is 70.4 cm³/mol. The topological polar surface area (TPSA) is 79.6 Å². The lowest BCUT2D eigenvalue weighted by atomic mass is 10.1. The fourth-order valence-electron chi connectivity index (χ4n) is 1.87. The number of rotatable bonds is 4. The Bertz CT molecular complexity index is 646. The van der Waals surface area contributed by atoms with Crippen molar-refractivity contribution in [3.8, 4) is 11.5 Å². The molecule has 0 radical (unpaired) electrons. The fourth-order valence-corrected chi connectivity index (χ4v) is 1.87. The van der Waals surface area contributed by atoms with Gasteiger partial charge in [-0.25, -0.2) is 0 Å². The highest BCUT2D eigenvalue weighted by atomic mass is 16.4. The minimum atomic E-state index is 0.531. The summed E-state index contributed by atoms with van der Waals surface area (Å²) < 4.78 is 5.18. The summed E-state index contributed by atoms with van der Waals surface area (Å²) in [6.45, 7) is 2.75. The van der Waals surface area contributed by atoms with Crippen LogP contribution in [0.4, 0.5) is 5.69 Å². The Morgan fingerprint density at radius 1 is 1.32 bits per heavy atom. The van der Waals surface area contributed by atoms with Crippen molar-refractivity contribution in [3.63, 3.8) is 0 Å². The molecule has 6 heteroatoms. The predicted octanol–water partition coefficient (Wildman–Crippen LogP) is 2.38. The van der Waals surface area contributed by atoms with E-state index in [2.05, 4.69) is 25.7 Å². The van der Waals surface area contributed by atoms with Gasteiger partial charge in [0.1, 0.15) is 0 Å². The zero-order valence-electron chi connectivity index (χ0n) is 10.4. The van der Waals surface area contributed by atoms with E-state index < -0.39 is 0 Å². The number of aromatic nitrogens is 4. The van der Waals surface area contributed by atoms with Gasteiger partial charge in [-0.05, 0) is 36.8 Å². The molecule has 6 nitrogen and oxygen atoms in total. The number of aryl methyl sites for hydroxylation is 1. The third-order valence-corrected chi connectivity index (χ3v) is 2.86. The van der Waals surface area contributed by atoms with Gasteiger partial charge in [0.2, 0.25) is 12.3 Å². The number of H-pyrrole nitrogens is 1. The van der Waals surface area contributed by atoms with Crippen molar-refractivity contribution in [2.24, 2.45) is 0 Å². The monoisotopic (exact) mass is 255 g/mol. The van der Waals surface area contributed by atoms with Crippen LogP contribution in [0.15, 0.2) is 41.3 Å². The lowest BCUT2D eigenvalue weighted by Crippen LogP contribution is -2.01. The van der Waals surface area contributed by atoms with Crippen LogP contribution in [0.25, 0.3) is 11.5 Å². The van der Waals surface area contributed by atoms with Crippen molar-refractivity contribution in [2.45, 2.75) is 13.5 Å². The van der Waals surface area contributed by atoms with E-state index >= 15 is 0 Å². The van der Waals surface area contributed by atoms with E-state index in [4.69, 9.17) is 4.42 Å². The molecule has 1 aromatic carbocycles. The number of hydrogen-bond donors (Lipinski definition) is 2. The van der Waals surface area contributed by atoms with Crippen LogP contribution >= 0.6 is 0 Å². The molecule has 0 saturated heterocycles. The van der Waals surface area contributed by atoms with Crippen LogP contribution in [0.5, 0.6) is 0 Å². The maximum Gasteiger partial charge on any atom is 0.247 e. The summed E-state index contributed by atoms with van der Waals surface area (Å²) in [6.07, 6.45) is 3.07. The van der Waals surface area contributed by atoms with E-state index in [0.717, 1.165) is 22.5 Å². The van der Waals surface area contributed by atoms with Gasteiger partial charge in [-0.1, -0.05) is 0 Å². The third kappa shape index (κ3) is 2.47. The first-order chi connectivity index (χ1) is 9.33. The second-order valence-corrected chi connectivity index (χ2v) is 4.21. The summed E-state index contributed by atoms with van der Waals surface area (Å²) in [5, 5.41) is 17.7. The van der Waals surface area contributed by atoms with Gasteiger partial charge in [-0.15, -0.1) is 10.2 Å². The Labute approximate surface area is 109 Å². The Kier molecular flexibility index (Phi) is 2.97. The van der Waals surface area contributed by atoms with Gasteiger partial charge in [-0.2, -0.15) is 5.10 Å². The van der Waals surface area contributed by atoms with Crippen molar-refractivity contribution in [3.05, 3.63) is 48.1 Å². The van der Waals surface area contributed by atoms with Crippen LogP contribution in [0.1, 0.15) is 11.3 Å². The SMILES string of the molecule is Cc1cc(-c2nnco2)ccc1NCc1ccn[nH]1. The molecule has 2 aromatic heterocycles. The van der Waals surface area contributed by atoms with Gasteiger partial charge in [-0.3, -0.25) is 5.10 Å². The molecule has 0 amide bonds. The van der Waals surface area contributed by atoms with Crippen LogP contribution < -0.4 is 5.32 Å². The minimum Gasteiger partial charge on any atom is -0.423 e. The number of nitrogens with one attached hydrogen (secondary N) is 2. The number of nitrogens with zero attached hydrogens (tertiary/aromatic N) is 3. The van der Waals surface area contributed by atoms with E-state index in [1.165, 1.54) is 6.39 Å². The number of anilines is 1. The first-order valence-corrected chi connectivity index (χ1v) is 5.92. The Hall–Kier alpha value is -2.63. The van der Waals surface area contributed by atoms with Crippen LogP contribution in [-0.2, 0) is 6.54 Å². The van der Waals surface area contributed by atoms with Crippen LogP contribution in [0.2, 0.25) is 0 Å². The third-order valence-electron chi connectivity index (χ3n) is 2.86. The van der Waals surface area contributed by atoms with Crippen molar-refractivity contribution in [1.82, 2.24) is 20.4 Å². The molecule has 19 heavy (non-hydrogen) atoms. The van der Waals surface area contributed by atoms with Crippen LogP contribution in [-0.4, -0.2) is 20.4 Å². The second-order valence-electron chi connectivity index (χ2n) is 4.21. The molecule has 0 bridgehead atoms. The Morgan fingerprint density at radius 3 is 2.95 bits per heavy atom. The van der Waals surface area contributed by atoms with Gasteiger partial charge in [0.05, 0.1) is 12.2 Å². The molecule has 2 heterocycles. The van der Waals surface area contributed by atoms with Crippen LogP contribution in [0.3, 0.4) is 0 Å². The molecule has 0 aliphatic rings. The molecule has 0 unspecified atom stereocenters.